The van der Waals surface area contributed by atoms with Gasteiger partial charge in [-0.25, -0.2) is 9.07 Å². The second-order valence-electron chi connectivity index (χ2n) is 9.42. The molecule has 0 aliphatic heterocycles. The van der Waals surface area contributed by atoms with Crippen LogP contribution in [-0.4, -0.2) is 32.2 Å². The normalized spacial score (nSPS) is 12.7. The molecule has 0 aliphatic carbocycles. The van der Waals surface area contributed by atoms with Crippen LogP contribution in [0, 0.1) is 5.82 Å². The van der Waals surface area contributed by atoms with Gasteiger partial charge in [-0.1, -0.05) is 54.1 Å². The number of tetrazole rings is 1. The first-order chi connectivity index (χ1) is 16.8. The highest BCUT2D eigenvalue weighted by molar-refractivity contribution is 6.31. The monoisotopic (exact) mass is 493 g/mol. The molecule has 0 amide bonds. The summed E-state index contributed by atoms with van der Waals surface area (Å²) in [7, 11) is 1.65. The van der Waals surface area contributed by atoms with Crippen LogP contribution >= 0.6 is 11.6 Å². The number of halogens is 2. The molecule has 0 bridgehead atoms. The minimum absolute atomic E-state index is 0.296. The van der Waals surface area contributed by atoms with Gasteiger partial charge < -0.3 is 4.74 Å². The summed E-state index contributed by atoms with van der Waals surface area (Å²) in [6.45, 7) is 7.27. The molecule has 0 fully saturated rings. The maximum Gasteiger partial charge on any atom is 0.173 e. The van der Waals surface area contributed by atoms with Crippen LogP contribution in [0.15, 0.2) is 72.8 Å². The molecule has 4 aromatic rings. The number of aromatic nitrogens is 4. The van der Waals surface area contributed by atoms with Crippen molar-refractivity contribution < 1.29 is 9.13 Å². The van der Waals surface area contributed by atoms with Crippen LogP contribution in [0.2, 0.25) is 5.02 Å². The Hall–Kier alpha value is -3.29. The van der Waals surface area contributed by atoms with Crippen molar-refractivity contribution in [2.75, 3.05) is 7.11 Å². The molecule has 1 atom stereocenters. The van der Waals surface area contributed by atoms with Crippen LogP contribution in [0.3, 0.4) is 0 Å². The summed E-state index contributed by atoms with van der Waals surface area (Å²) in [5.74, 6) is 1.17. The van der Waals surface area contributed by atoms with Crippen molar-refractivity contribution in [1.29, 1.82) is 0 Å². The van der Waals surface area contributed by atoms with Crippen molar-refractivity contribution in [3.05, 3.63) is 106 Å². The van der Waals surface area contributed by atoms with Crippen LogP contribution in [0.4, 0.5) is 4.39 Å². The zero-order valence-corrected chi connectivity index (χ0v) is 21.1. The van der Waals surface area contributed by atoms with Crippen LogP contribution in [-0.2, 0) is 18.6 Å². The van der Waals surface area contributed by atoms with Gasteiger partial charge in [-0.2, -0.15) is 0 Å². The first-order valence-corrected chi connectivity index (χ1v) is 11.8. The highest BCUT2D eigenvalue weighted by Crippen LogP contribution is 2.33. The van der Waals surface area contributed by atoms with Crippen LogP contribution < -0.4 is 4.74 Å². The molecule has 0 aliphatic rings. The van der Waals surface area contributed by atoms with E-state index >= 15 is 0 Å². The third-order valence-electron chi connectivity index (χ3n) is 5.80. The molecule has 1 aromatic heterocycles. The summed E-state index contributed by atoms with van der Waals surface area (Å²) in [6, 6.07) is 21.9. The molecular formula is C27H29ClFN5O. The summed E-state index contributed by atoms with van der Waals surface area (Å²) >= 11 is 6.57. The summed E-state index contributed by atoms with van der Waals surface area (Å²) in [5, 5.41) is 13.4. The highest BCUT2D eigenvalue weighted by Gasteiger charge is 2.32. The quantitative estimate of drug-likeness (QED) is 0.300. The number of hydrogen-bond donors (Lipinski definition) is 0. The zero-order valence-electron chi connectivity index (χ0n) is 20.3. The van der Waals surface area contributed by atoms with Gasteiger partial charge in [-0.3, -0.25) is 4.90 Å². The lowest BCUT2D eigenvalue weighted by Gasteiger charge is -2.33. The summed E-state index contributed by atoms with van der Waals surface area (Å²) < 4.78 is 21.0. The molecule has 4 rings (SSSR count). The van der Waals surface area contributed by atoms with Gasteiger partial charge in [0.15, 0.2) is 5.82 Å². The smallest absolute Gasteiger partial charge is 0.173 e. The molecule has 0 saturated carbocycles. The molecule has 0 spiro atoms. The van der Waals surface area contributed by atoms with Gasteiger partial charge in [-0.05, 0) is 78.2 Å². The third-order valence-corrected chi connectivity index (χ3v) is 6.17. The largest absolute Gasteiger partial charge is 0.497 e. The van der Waals surface area contributed by atoms with Crippen molar-refractivity contribution in [2.45, 2.75) is 45.4 Å². The highest BCUT2D eigenvalue weighted by atomic mass is 35.5. The third kappa shape index (κ3) is 5.86. The lowest BCUT2D eigenvalue weighted by Crippen LogP contribution is -2.35. The Bertz CT molecular complexity index is 1250. The van der Waals surface area contributed by atoms with Gasteiger partial charge >= 0.3 is 0 Å². The topological polar surface area (TPSA) is 56.1 Å². The van der Waals surface area contributed by atoms with E-state index < -0.39 is 0 Å². The lowest BCUT2D eigenvalue weighted by atomic mass is 10.0. The minimum Gasteiger partial charge on any atom is -0.497 e. The Morgan fingerprint density at radius 1 is 0.971 bits per heavy atom. The Morgan fingerprint density at radius 2 is 1.66 bits per heavy atom. The fourth-order valence-electron chi connectivity index (χ4n) is 4.06. The minimum atomic E-state index is -0.358. The predicted octanol–water partition coefficient (Wildman–Crippen LogP) is 6.02. The van der Waals surface area contributed by atoms with Gasteiger partial charge in [0.25, 0.3) is 0 Å². The van der Waals surface area contributed by atoms with Gasteiger partial charge in [0, 0.05) is 18.1 Å². The van der Waals surface area contributed by atoms with Crippen LogP contribution in [0.5, 0.6) is 5.75 Å². The number of rotatable bonds is 8. The van der Waals surface area contributed by atoms with Crippen molar-refractivity contribution >= 4 is 11.6 Å². The molecule has 6 nitrogen and oxygen atoms in total. The standard InChI is InChI=1S/C27H29ClFN5O/c1-27(2,3)34-26(30-31-32-34)25(20-11-13-22(29)14-12-20)33(18-21-7-5-6-8-24(21)28)17-19-9-15-23(35-4)16-10-19/h5-16,25H,17-18H2,1-4H3/t25-/m1/s1. The SMILES string of the molecule is COc1ccc(CN(Cc2ccccc2Cl)[C@H](c2ccc(F)cc2)c2nnnn2C(C)(C)C)cc1. The molecule has 8 heteroatoms. The van der Waals surface area contributed by atoms with Crippen molar-refractivity contribution in [3.63, 3.8) is 0 Å². The second kappa shape index (κ2) is 10.5. The van der Waals surface area contributed by atoms with Crippen LogP contribution in [0.1, 0.15) is 49.3 Å². The molecule has 0 unspecified atom stereocenters. The molecule has 1 heterocycles. The number of benzene rings is 3. The van der Waals surface area contributed by atoms with Crippen molar-refractivity contribution in [3.8, 4) is 5.75 Å². The summed E-state index contributed by atoms with van der Waals surface area (Å²) in [4.78, 5) is 2.25. The maximum atomic E-state index is 13.9. The van der Waals surface area contributed by atoms with Gasteiger partial charge in [-0.15, -0.1) is 5.10 Å². The van der Waals surface area contributed by atoms with E-state index in [1.165, 1.54) is 12.1 Å². The Balaban J connectivity index is 1.84. The molecule has 182 valence electrons. The summed E-state index contributed by atoms with van der Waals surface area (Å²) in [6.07, 6.45) is 0. The fourth-order valence-corrected chi connectivity index (χ4v) is 4.26. The van der Waals surface area contributed by atoms with E-state index in [0.29, 0.717) is 23.9 Å². The number of ether oxygens (including phenoxy) is 1. The molecule has 0 N–H and O–H groups in total. The van der Waals surface area contributed by atoms with Crippen molar-refractivity contribution in [1.82, 2.24) is 25.1 Å². The van der Waals surface area contributed by atoms with Crippen molar-refractivity contribution in [2.24, 2.45) is 0 Å². The van der Waals surface area contributed by atoms with E-state index in [-0.39, 0.29) is 17.4 Å². The Labute approximate surface area is 210 Å². The number of hydrogen-bond acceptors (Lipinski definition) is 5. The first kappa shape index (κ1) is 24.8. The Kier molecular flexibility index (Phi) is 7.48. The van der Waals surface area contributed by atoms with Crippen LogP contribution in [0.25, 0.3) is 0 Å². The molecule has 0 saturated heterocycles. The zero-order chi connectivity index (χ0) is 25.0. The van der Waals surface area contributed by atoms with E-state index in [1.54, 1.807) is 19.2 Å². The number of methoxy groups -OCH3 is 1. The van der Waals surface area contributed by atoms with E-state index in [1.807, 2.05) is 53.2 Å². The fraction of sp³-hybridized carbons (Fsp3) is 0.296. The lowest BCUT2D eigenvalue weighted by molar-refractivity contribution is 0.185. The van der Waals surface area contributed by atoms with Gasteiger partial charge in [0.05, 0.1) is 18.7 Å². The molecular weight excluding hydrogens is 465 g/mol. The van der Waals surface area contributed by atoms with Gasteiger partial charge in [0.1, 0.15) is 11.6 Å². The van der Waals surface area contributed by atoms with E-state index in [4.69, 9.17) is 16.3 Å². The molecule has 35 heavy (non-hydrogen) atoms. The predicted molar refractivity (Wildman–Crippen MR) is 135 cm³/mol. The maximum absolute atomic E-state index is 13.9. The van der Waals surface area contributed by atoms with Gasteiger partial charge in [0.2, 0.25) is 0 Å². The van der Waals surface area contributed by atoms with E-state index in [9.17, 15) is 4.39 Å². The summed E-state index contributed by atoms with van der Waals surface area (Å²) in [5.41, 5.74) is 2.59. The van der Waals surface area contributed by atoms with E-state index in [2.05, 4.69) is 41.2 Å². The van der Waals surface area contributed by atoms with E-state index in [0.717, 1.165) is 22.4 Å². The Morgan fingerprint density at radius 3 is 2.29 bits per heavy atom. The average molecular weight is 494 g/mol. The first-order valence-electron chi connectivity index (χ1n) is 11.4. The molecule has 0 radical (unpaired) electrons. The average Bonchev–Trinajstić information content (AvgIpc) is 3.32. The number of nitrogens with zero attached hydrogens (tertiary/aromatic N) is 5. The second-order valence-corrected chi connectivity index (χ2v) is 9.83. The molecule has 3 aromatic carbocycles.